The number of hydrogen-bond donors (Lipinski definition) is 3. The summed E-state index contributed by atoms with van der Waals surface area (Å²) >= 11 is 0. The second-order valence-electron chi connectivity index (χ2n) is 4.98. The number of carbonyl (C=O) groups is 4. The minimum absolute atomic E-state index is 0.131. The fourth-order valence-corrected chi connectivity index (χ4v) is 2.25. The predicted octanol–water partition coefficient (Wildman–Crippen LogP) is 1.59. The Morgan fingerprint density at radius 1 is 0.640 bits per heavy atom. The molecule has 0 saturated heterocycles. The van der Waals surface area contributed by atoms with E-state index in [0.717, 1.165) is 4.90 Å². The van der Waals surface area contributed by atoms with E-state index in [9.17, 15) is 34.5 Å². The summed E-state index contributed by atoms with van der Waals surface area (Å²) in [4.78, 5) is 48.1. The first-order valence-corrected chi connectivity index (χ1v) is 6.98. The SMILES string of the molecule is O=C(O)C(C(=O)O)(C(=O)O)C(=O)N(c1ccccc1)c1ccccc1. The fraction of sp³-hybridized carbons (Fsp3) is 0.0588. The maximum Gasteiger partial charge on any atom is 0.342 e. The van der Waals surface area contributed by atoms with Gasteiger partial charge in [-0.2, -0.15) is 0 Å². The third-order valence-corrected chi connectivity index (χ3v) is 3.52. The first-order chi connectivity index (χ1) is 11.8. The fourth-order valence-electron chi connectivity index (χ4n) is 2.25. The molecule has 2 rings (SSSR count). The Morgan fingerprint density at radius 3 is 1.24 bits per heavy atom. The van der Waals surface area contributed by atoms with Gasteiger partial charge in [-0.25, -0.2) is 14.4 Å². The van der Waals surface area contributed by atoms with E-state index in [-0.39, 0.29) is 11.4 Å². The molecule has 0 saturated carbocycles. The molecule has 0 aliphatic carbocycles. The van der Waals surface area contributed by atoms with Gasteiger partial charge in [0, 0.05) is 11.4 Å². The predicted molar refractivity (Wildman–Crippen MR) is 85.4 cm³/mol. The zero-order valence-corrected chi connectivity index (χ0v) is 12.7. The number of aliphatic carboxylic acids is 3. The van der Waals surface area contributed by atoms with Crippen LogP contribution in [0, 0.1) is 5.41 Å². The topological polar surface area (TPSA) is 132 Å². The van der Waals surface area contributed by atoms with Gasteiger partial charge in [0.2, 0.25) is 0 Å². The van der Waals surface area contributed by atoms with Gasteiger partial charge < -0.3 is 15.3 Å². The largest absolute Gasteiger partial charge is 0.480 e. The Labute approximate surface area is 141 Å². The molecule has 128 valence electrons. The van der Waals surface area contributed by atoms with E-state index in [1.807, 2.05) is 0 Å². The van der Waals surface area contributed by atoms with Gasteiger partial charge in [-0.15, -0.1) is 0 Å². The molecule has 0 radical (unpaired) electrons. The standard InChI is InChI=1S/C17H13NO7/c19-13(17(14(20)21,15(22)23)16(24)25)18(11-7-3-1-4-8-11)12-9-5-2-6-10-12/h1-10H,(H,20,21)(H,22,23)(H,24,25). The van der Waals surface area contributed by atoms with Crippen molar-refractivity contribution in [2.45, 2.75) is 0 Å². The van der Waals surface area contributed by atoms with Crippen LogP contribution in [-0.4, -0.2) is 39.1 Å². The molecule has 0 aliphatic rings. The maximum absolute atomic E-state index is 12.9. The molecule has 0 unspecified atom stereocenters. The van der Waals surface area contributed by atoms with Crippen LogP contribution in [0.1, 0.15) is 0 Å². The number of anilines is 2. The van der Waals surface area contributed by atoms with Crippen LogP contribution >= 0.6 is 0 Å². The lowest BCUT2D eigenvalue weighted by atomic mass is 9.86. The number of amides is 1. The van der Waals surface area contributed by atoms with E-state index in [2.05, 4.69) is 0 Å². The van der Waals surface area contributed by atoms with Gasteiger partial charge in [-0.3, -0.25) is 9.69 Å². The van der Waals surface area contributed by atoms with Crippen molar-refractivity contribution in [3.63, 3.8) is 0 Å². The molecule has 0 aromatic heterocycles. The van der Waals surface area contributed by atoms with Gasteiger partial charge in [-0.1, -0.05) is 36.4 Å². The van der Waals surface area contributed by atoms with E-state index < -0.39 is 29.2 Å². The van der Waals surface area contributed by atoms with Gasteiger partial charge in [0.25, 0.3) is 5.91 Å². The average molecular weight is 343 g/mol. The molecule has 0 spiro atoms. The molecule has 2 aromatic carbocycles. The van der Waals surface area contributed by atoms with Crippen LogP contribution in [0.3, 0.4) is 0 Å². The molecule has 0 fully saturated rings. The van der Waals surface area contributed by atoms with Crippen LogP contribution < -0.4 is 4.90 Å². The molecule has 8 heteroatoms. The monoisotopic (exact) mass is 343 g/mol. The molecular weight excluding hydrogens is 330 g/mol. The highest BCUT2D eigenvalue weighted by atomic mass is 16.4. The normalized spacial score (nSPS) is 10.7. The summed E-state index contributed by atoms with van der Waals surface area (Å²) in [5.74, 6) is -8.46. The number of carboxylic acid groups (broad SMARTS) is 3. The van der Waals surface area contributed by atoms with Crippen molar-refractivity contribution in [1.29, 1.82) is 0 Å². The Kier molecular flexibility index (Phi) is 4.83. The summed E-state index contributed by atoms with van der Waals surface area (Å²) in [5, 5.41) is 27.8. The van der Waals surface area contributed by atoms with Crippen LogP contribution in [0.15, 0.2) is 60.7 Å². The van der Waals surface area contributed by atoms with Crippen molar-refractivity contribution in [2.24, 2.45) is 5.41 Å². The Morgan fingerprint density at radius 2 is 0.960 bits per heavy atom. The van der Waals surface area contributed by atoms with Crippen LogP contribution in [0.2, 0.25) is 0 Å². The molecule has 1 amide bonds. The van der Waals surface area contributed by atoms with Gasteiger partial charge in [0.15, 0.2) is 0 Å². The van der Waals surface area contributed by atoms with Crippen molar-refractivity contribution in [1.82, 2.24) is 0 Å². The number of rotatable bonds is 6. The van der Waals surface area contributed by atoms with Crippen molar-refractivity contribution in [3.05, 3.63) is 60.7 Å². The number of benzene rings is 2. The molecule has 0 bridgehead atoms. The lowest BCUT2D eigenvalue weighted by Crippen LogP contribution is -2.57. The second-order valence-corrected chi connectivity index (χ2v) is 4.98. The summed E-state index contributed by atoms with van der Waals surface area (Å²) in [7, 11) is 0. The molecule has 0 heterocycles. The summed E-state index contributed by atoms with van der Waals surface area (Å²) in [6, 6.07) is 15.2. The number of carbonyl (C=O) groups excluding carboxylic acids is 1. The molecular formula is C17H13NO7. The lowest BCUT2D eigenvalue weighted by Gasteiger charge is -2.29. The Bertz CT molecular complexity index is 742. The van der Waals surface area contributed by atoms with Crippen LogP contribution in [0.25, 0.3) is 0 Å². The highest BCUT2D eigenvalue weighted by Crippen LogP contribution is 2.32. The molecule has 2 aromatic rings. The van der Waals surface area contributed by atoms with E-state index in [0.29, 0.717) is 0 Å². The maximum atomic E-state index is 12.9. The van der Waals surface area contributed by atoms with Crippen molar-refractivity contribution < 1.29 is 34.5 Å². The van der Waals surface area contributed by atoms with Crippen LogP contribution in [-0.2, 0) is 19.2 Å². The number of para-hydroxylation sites is 2. The van der Waals surface area contributed by atoms with E-state index in [1.165, 1.54) is 24.3 Å². The Balaban J connectivity index is 2.73. The summed E-state index contributed by atoms with van der Waals surface area (Å²) in [6.45, 7) is 0. The highest BCUT2D eigenvalue weighted by Gasteiger charge is 2.63. The number of carboxylic acids is 3. The third-order valence-electron chi connectivity index (χ3n) is 3.52. The Hall–Kier alpha value is -3.68. The zero-order valence-electron chi connectivity index (χ0n) is 12.7. The highest BCUT2D eigenvalue weighted by molar-refractivity contribution is 6.36. The summed E-state index contributed by atoms with van der Waals surface area (Å²) < 4.78 is 0. The lowest BCUT2D eigenvalue weighted by molar-refractivity contribution is -0.177. The first kappa shape index (κ1) is 17.7. The van der Waals surface area contributed by atoms with Crippen LogP contribution in [0.5, 0.6) is 0 Å². The minimum Gasteiger partial charge on any atom is -0.480 e. The molecule has 0 aliphatic heterocycles. The smallest absolute Gasteiger partial charge is 0.342 e. The van der Waals surface area contributed by atoms with Gasteiger partial charge in [0.1, 0.15) is 0 Å². The van der Waals surface area contributed by atoms with E-state index >= 15 is 0 Å². The molecule has 3 N–H and O–H groups in total. The van der Waals surface area contributed by atoms with Gasteiger partial charge in [-0.05, 0) is 24.3 Å². The summed E-state index contributed by atoms with van der Waals surface area (Å²) in [5.41, 5.74) is -3.41. The first-order valence-electron chi connectivity index (χ1n) is 6.98. The molecule has 8 nitrogen and oxygen atoms in total. The van der Waals surface area contributed by atoms with E-state index in [1.54, 1.807) is 36.4 Å². The number of hydrogen-bond acceptors (Lipinski definition) is 4. The van der Waals surface area contributed by atoms with Crippen LogP contribution in [0.4, 0.5) is 11.4 Å². The van der Waals surface area contributed by atoms with Crippen molar-refractivity contribution in [3.8, 4) is 0 Å². The van der Waals surface area contributed by atoms with Crippen molar-refractivity contribution >= 4 is 35.2 Å². The van der Waals surface area contributed by atoms with Gasteiger partial charge in [0.05, 0.1) is 0 Å². The molecule has 0 atom stereocenters. The summed E-state index contributed by atoms with van der Waals surface area (Å²) in [6.07, 6.45) is 0. The zero-order chi connectivity index (χ0) is 18.6. The second kappa shape index (κ2) is 6.83. The van der Waals surface area contributed by atoms with E-state index in [4.69, 9.17) is 0 Å². The quantitative estimate of drug-likeness (QED) is 0.678. The third kappa shape index (κ3) is 2.92. The minimum atomic E-state index is -3.67. The average Bonchev–Trinajstić information content (AvgIpc) is 2.56. The molecule has 25 heavy (non-hydrogen) atoms. The van der Waals surface area contributed by atoms with Gasteiger partial charge >= 0.3 is 23.3 Å². The number of nitrogens with zero attached hydrogens (tertiary/aromatic N) is 1. The van der Waals surface area contributed by atoms with Crippen molar-refractivity contribution in [2.75, 3.05) is 4.90 Å².